The molecule has 0 bridgehead atoms. The van der Waals surface area contributed by atoms with Crippen molar-refractivity contribution in [2.75, 3.05) is 6.61 Å². The molecule has 0 saturated heterocycles. The Bertz CT molecular complexity index is 1020. The average Bonchev–Trinajstić information content (AvgIpc) is 2.61. The molecule has 0 atom stereocenters. The standard InChI is InChI=1S/C18H14F3NO4S/c1-2-26-17-9-12(6-7-16(17)23)8-15(11-22)27(24,25)14-5-3-4-13(10-14)18(19,20)21/h3-10,23H,2H2,1H3. The smallest absolute Gasteiger partial charge is 0.416 e. The molecule has 0 aromatic heterocycles. The molecule has 27 heavy (non-hydrogen) atoms. The molecule has 5 nitrogen and oxygen atoms in total. The maximum atomic E-state index is 12.8. The van der Waals surface area contributed by atoms with E-state index in [-0.39, 0.29) is 23.7 Å². The van der Waals surface area contributed by atoms with Crippen LogP contribution in [0.5, 0.6) is 11.5 Å². The van der Waals surface area contributed by atoms with Gasteiger partial charge in [-0.2, -0.15) is 18.4 Å². The van der Waals surface area contributed by atoms with Crippen LogP contribution in [0.1, 0.15) is 18.1 Å². The van der Waals surface area contributed by atoms with Crippen LogP contribution in [0.25, 0.3) is 6.08 Å². The summed E-state index contributed by atoms with van der Waals surface area (Å²) in [4.78, 5) is -1.39. The summed E-state index contributed by atoms with van der Waals surface area (Å²) in [5.74, 6) is -0.0896. The van der Waals surface area contributed by atoms with Crippen LogP contribution in [-0.2, 0) is 16.0 Å². The first-order chi connectivity index (χ1) is 12.6. The van der Waals surface area contributed by atoms with Gasteiger partial charge in [0.05, 0.1) is 17.1 Å². The number of phenolic OH excluding ortho intramolecular Hbond substituents is 1. The molecule has 0 saturated carbocycles. The Hall–Kier alpha value is -2.99. The molecule has 0 amide bonds. The van der Waals surface area contributed by atoms with Gasteiger partial charge in [-0.25, -0.2) is 8.42 Å². The van der Waals surface area contributed by atoms with Gasteiger partial charge in [0.2, 0.25) is 9.84 Å². The van der Waals surface area contributed by atoms with Crippen molar-refractivity contribution < 1.29 is 31.4 Å². The number of sulfone groups is 1. The zero-order valence-corrected chi connectivity index (χ0v) is 14.8. The fourth-order valence-corrected chi connectivity index (χ4v) is 3.38. The van der Waals surface area contributed by atoms with Gasteiger partial charge >= 0.3 is 6.18 Å². The fourth-order valence-electron chi connectivity index (χ4n) is 2.18. The van der Waals surface area contributed by atoms with E-state index in [9.17, 15) is 32.0 Å². The summed E-state index contributed by atoms with van der Waals surface area (Å²) in [6.45, 7) is 1.93. The number of nitriles is 1. The molecular weight excluding hydrogens is 383 g/mol. The Morgan fingerprint density at radius 3 is 2.56 bits per heavy atom. The molecular formula is C18H14F3NO4S. The summed E-state index contributed by atoms with van der Waals surface area (Å²) in [6, 6.07) is 8.57. The number of phenols is 1. The van der Waals surface area contributed by atoms with Gasteiger partial charge in [-0.1, -0.05) is 12.1 Å². The number of aromatic hydroxyl groups is 1. The lowest BCUT2D eigenvalue weighted by atomic mass is 10.2. The molecule has 2 rings (SSSR count). The second kappa shape index (κ2) is 7.72. The SMILES string of the molecule is CCOc1cc(C=C(C#N)S(=O)(=O)c2cccc(C(F)(F)F)c2)ccc1O. The number of alkyl halides is 3. The Balaban J connectivity index is 2.52. The molecule has 0 aliphatic heterocycles. The molecule has 0 aliphatic carbocycles. The first-order valence-electron chi connectivity index (χ1n) is 7.59. The van der Waals surface area contributed by atoms with Crippen molar-refractivity contribution in [2.45, 2.75) is 18.0 Å². The summed E-state index contributed by atoms with van der Waals surface area (Å²) in [5.41, 5.74) is -0.910. The molecule has 0 heterocycles. The third-order valence-corrected chi connectivity index (χ3v) is 5.12. The number of hydrogen-bond acceptors (Lipinski definition) is 5. The van der Waals surface area contributed by atoms with Crippen LogP contribution in [-0.4, -0.2) is 20.1 Å². The lowest BCUT2D eigenvalue weighted by molar-refractivity contribution is -0.137. The number of nitrogens with zero attached hydrogens (tertiary/aromatic N) is 1. The molecule has 0 spiro atoms. The van der Waals surface area contributed by atoms with E-state index in [0.29, 0.717) is 6.07 Å². The van der Waals surface area contributed by atoms with Crippen molar-refractivity contribution in [1.82, 2.24) is 0 Å². The van der Waals surface area contributed by atoms with E-state index in [1.54, 1.807) is 6.92 Å². The van der Waals surface area contributed by atoms with Crippen molar-refractivity contribution in [3.63, 3.8) is 0 Å². The second-order valence-corrected chi connectivity index (χ2v) is 7.23. The number of ether oxygens (including phenoxy) is 1. The summed E-state index contributed by atoms with van der Waals surface area (Å²) in [6.07, 6.45) is -3.72. The van der Waals surface area contributed by atoms with Crippen LogP contribution < -0.4 is 4.74 Å². The van der Waals surface area contributed by atoms with Gasteiger partial charge in [0.25, 0.3) is 0 Å². The highest BCUT2D eigenvalue weighted by molar-refractivity contribution is 7.95. The summed E-state index contributed by atoms with van der Waals surface area (Å²) in [5, 5.41) is 18.9. The third-order valence-electron chi connectivity index (χ3n) is 3.45. The maximum absolute atomic E-state index is 12.8. The minimum atomic E-state index is -4.72. The van der Waals surface area contributed by atoms with E-state index in [2.05, 4.69) is 0 Å². The van der Waals surface area contributed by atoms with E-state index in [0.717, 1.165) is 24.3 Å². The average molecular weight is 397 g/mol. The highest BCUT2D eigenvalue weighted by Gasteiger charge is 2.32. The molecule has 1 N–H and O–H groups in total. The molecule has 0 radical (unpaired) electrons. The Morgan fingerprint density at radius 1 is 1.26 bits per heavy atom. The van der Waals surface area contributed by atoms with Crippen LogP contribution in [0, 0.1) is 11.3 Å². The third kappa shape index (κ3) is 4.60. The van der Waals surface area contributed by atoms with Crippen molar-refractivity contribution in [3.05, 3.63) is 58.5 Å². The summed E-state index contributed by atoms with van der Waals surface area (Å²) >= 11 is 0. The number of hydrogen-bond donors (Lipinski definition) is 1. The van der Waals surface area contributed by atoms with Crippen LogP contribution in [0.15, 0.2) is 52.3 Å². The molecule has 0 fully saturated rings. The van der Waals surface area contributed by atoms with Gasteiger partial charge in [-0.15, -0.1) is 0 Å². The van der Waals surface area contributed by atoms with Gasteiger partial charge in [-0.05, 0) is 48.9 Å². The van der Waals surface area contributed by atoms with Gasteiger partial charge in [-0.3, -0.25) is 0 Å². The zero-order chi connectivity index (χ0) is 20.2. The predicted octanol–water partition coefficient (Wildman–Crippen LogP) is 4.15. The number of allylic oxidation sites excluding steroid dienone is 1. The predicted molar refractivity (Wildman–Crippen MR) is 91.5 cm³/mol. The summed E-state index contributed by atoms with van der Waals surface area (Å²) < 4.78 is 68.8. The lowest BCUT2D eigenvalue weighted by Gasteiger charge is -2.09. The Kier molecular flexibility index (Phi) is 5.81. The van der Waals surface area contributed by atoms with Crippen molar-refractivity contribution in [2.24, 2.45) is 0 Å². The zero-order valence-electron chi connectivity index (χ0n) is 14.0. The minimum absolute atomic E-state index is 0.0833. The Morgan fingerprint density at radius 2 is 1.96 bits per heavy atom. The molecule has 142 valence electrons. The van der Waals surface area contributed by atoms with E-state index < -0.39 is 31.4 Å². The molecule has 0 aliphatic rings. The largest absolute Gasteiger partial charge is 0.504 e. The van der Waals surface area contributed by atoms with Gasteiger partial charge in [0, 0.05) is 0 Å². The van der Waals surface area contributed by atoms with Gasteiger partial charge < -0.3 is 9.84 Å². The van der Waals surface area contributed by atoms with Gasteiger partial charge in [0.15, 0.2) is 11.5 Å². The summed E-state index contributed by atoms with van der Waals surface area (Å²) in [7, 11) is -4.47. The Labute approximate surface area is 153 Å². The number of benzene rings is 2. The molecule has 2 aromatic rings. The van der Waals surface area contributed by atoms with Crippen LogP contribution in [0.4, 0.5) is 13.2 Å². The van der Waals surface area contributed by atoms with Crippen LogP contribution in [0.2, 0.25) is 0 Å². The monoisotopic (exact) mass is 397 g/mol. The highest BCUT2D eigenvalue weighted by atomic mass is 32.2. The van der Waals surface area contributed by atoms with Crippen LogP contribution in [0.3, 0.4) is 0 Å². The van der Waals surface area contributed by atoms with Crippen molar-refractivity contribution in [1.29, 1.82) is 5.26 Å². The lowest BCUT2D eigenvalue weighted by Crippen LogP contribution is -2.08. The van der Waals surface area contributed by atoms with E-state index >= 15 is 0 Å². The first-order valence-corrected chi connectivity index (χ1v) is 9.08. The second-order valence-electron chi connectivity index (χ2n) is 5.31. The van der Waals surface area contributed by atoms with E-state index in [1.165, 1.54) is 24.3 Å². The maximum Gasteiger partial charge on any atom is 0.416 e. The molecule has 2 aromatic carbocycles. The number of halogens is 3. The van der Waals surface area contributed by atoms with Crippen molar-refractivity contribution in [3.8, 4) is 17.6 Å². The van der Waals surface area contributed by atoms with E-state index in [4.69, 9.17) is 4.74 Å². The highest BCUT2D eigenvalue weighted by Crippen LogP contribution is 2.32. The van der Waals surface area contributed by atoms with Crippen LogP contribution >= 0.6 is 0 Å². The van der Waals surface area contributed by atoms with Crippen molar-refractivity contribution >= 4 is 15.9 Å². The topological polar surface area (TPSA) is 87.4 Å². The first kappa shape index (κ1) is 20.3. The number of rotatable bonds is 5. The normalized spacial score (nSPS) is 12.5. The quantitative estimate of drug-likeness (QED) is 0.766. The van der Waals surface area contributed by atoms with Gasteiger partial charge in [0.1, 0.15) is 11.0 Å². The molecule has 0 unspecified atom stereocenters. The minimum Gasteiger partial charge on any atom is -0.504 e. The fraction of sp³-hybridized carbons (Fsp3) is 0.167. The van der Waals surface area contributed by atoms with E-state index in [1.807, 2.05) is 0 Å². The molecule has 9 heteroatoms.